The van der Waals surface area contributed by atoms with Crippen LogP contribution in [0.2, 0.25) is 0 Å². The summed E-state index contributed by atoms with van der Waals surface area (Å²) in [6.07, 6.45) is 9.97. The highest BCUT2D eigenvalue weighted by molar-refractivity contribution is 5.91. The van der Waals surface area contributed by atoms with Crippen LogP contribution in [0.15, 0.2) is 65.7 Å². The fourth-order valence-corrected chi connectivity index (χ4v) is 2.12. The van der Waals surface area contributed by atoms with E-state index in [0.29, 0.717) is 18.8 Å². The summed E-state index contributed by atoms with van der Waals surface area (Å²) in [5.74, 6) is 1.26. The predicted octanol–water partition coefficient (Wildman–Crippen LogP) is 2.37. The lowest BCUT2D eigenvalue weighted by atomic mass is 10.3. The summed E-state index contributed by atoms with van der Waals surface area (Å²) in [4.78, 5) is 20.4. The molecule has 0 bridgehead atoms. The number of hydrogen-bond acceptors (Lipinski definition) is 4. The Morgan fingerprint density at radius 1 is 1.22 bits per heavy atom. The Labute approximate surface area is 133 Å². The number of nitrogens with zero attached hydrogens (tertiary/aromatic N) is 3. The Hall–Kier alpha value is -3.15. The second kappa shape index (κ2) is 7.22. The molecule has 0 spiro atoms. The van der Waals surface area contributed by atoms with Crippen LogP contribution in [0.25, 0.3) is 17.6 Å². The minimum atomic E-state index is -0.166. The highest BCUT2D eigenvalue weighted by atomic mass is 16.3. The summed E-state index contributed by atoms with van der Waals surface area (Å²) >= 11 is 0. The third kappa shape index (κ3) is 3.94. The second-order valence-electron chi connectivity index (χ2n) is 4.80. The third-order valence-electron chi connectivity index (χ3n) is 3.20. The van der Waals surface area contributed by atoms with Gasteiger partial charge in [0.05, 0.1) is 6.26 Å². The fraction of sp³-hybridized carbons (Fsp3) is 0.118. The molecule has 0 aromatic carbocycles. The Morgan fingerprint density at radius 3 is 2.96 bits per heavy atom. The number of carbonyl (C=O) groups is 1. The lowest BCUT2D eigenvalue weighted by Gasteiger charge is -2.07. The fourth-order valence-electron chi connectivity index (χ4n) is 2.12. The Bertz CT molecular complexity index is 776. The van der Waals surface area contributed by atoms with Gasteiger partial charge < -0.3 is 14.3 Å². The van der Waals surface area contributed by atoms with E-state index in [1.165, 1.54) is 6.08 Å². The summed E-state index contributed by atoms with van der Waals surface area (Å²) in [7, 11) is 0. The topological polar surface area (TPSA) is 73.0 Å². The van der Waals surface area contributed by atoms with Gasteiger partial charge in [0.2, 0.25) is 5.91 Å². The molecular formula is C17H16N4O2. The lowest BCUT2D eigenvalue weighted by molar-refractivity contribution is -0.116. The molecule has 0 aliphatic carbocycles. The zero-order valence-electron chi connectivity index (χ0n) is 12.4. The Balaban J connectivity index is 1.54. The van der Waals surface area contributed by atoms with Gasteiger partial charge in [-0.3, -0.25) is 9.78 Å². The summed E-state index contributed by atoms with van der Waals surface area (Å²) in [6, 6.07) is 9.25. The van der Waals surface area contributed by atoms with Gasteiger partial charge in [-0.05, 0) is 30.3 Å². The van der Waals surface area contributed by atoms with Gasteiger partial charge in [0.1, 0.15) is 11.5 Å². The monoisotopic (exact) mass is 308 g/mol. The van der Waals surface area contributed by atoms with Crippen LogP contribution in [-0.2, 0) is 11.3 Å². The number of furan rings is 1. The minimum absolute atomic E-state index is 0.166. The largest absolute Gasteiger partial charge is 0.465 e. The van der Waals surface area contributed by atoms with Crippen molar-refractivity contribution in [2.24, 2.45) is 0 Å². The van der Waals surface area contributed by atoms with Crippen molar-refractivity contribution in [1.82, 2.24) is 19.9 Å². The van der Waals surface area contributed by atoms with Crippen molar-refractivity contribution in [1.29, 1.82) is 0 Å². The van der Waals surface area contributed by atoms with Gasteiger partial charge in [0.15, 0.2) is 5.82 Å². The zero-order valence-corrected chi connectivity index (χ0v) is 12.4. The van der Waals surface area contributed by atoms with Crippen molar-refractivity contribution < 1.29 is 9.21 Å². The van der Waals surface area contributed by atoms with E-state index in [1.807, 2.05) is 29.0 Å². The quantitative estimate of drug-likeness (QED) is 0.710. The van der Waals surface area contributed by atoms with Crippen molar-refractivity contribution in [3.05, 3.63) is 67.0 Å². The van der Waals surface area contributed by atoms with Gasteiger partial charge in [-0.25, -0.2) is 4.98 Å². The van der Waals surface area contributed by atoms with Crippen LogP contribution in [0.3, 0.4) is 0 Å². The number of carbonyl (C=O) groups excluding carboxylic acids is 1. The van der Waals surface area contributed by atoms with E-state index in [1.54, 1.807) is 36.9 Å². The zero-order chi connectivity index (χ0) is 15.9. The van der Waals surface area contributed by atoms with E-state index >= 15 is 0 Å². The van der Waals surface area contributed by atoms with Crippen LogP contribution in [0.5, 0.6) is 0 Å². The van der Waals surface area contributed by atoms with E-state index in [4.69, 9.17) is 4.42 Å². The van der Waals surface area contributed by atoms with Crippen molar-refractivity contribution in [3.63, 3.8) is 0 Å². The molecule has 0 aliphatic rings. The van der Waals surface area contributed by atoms with E-state index in [0.717, 1.165) is 11.5 Å². The molecule has 3 aromatic rings. The molecule has 0 atom stereocenters. The smallest absolute Gasteiger partial charge is 0.244 e. The molecule has 6 heteroatoms. The number of imidazole rings is 1. The van der Waals surface area contributed by atoms with Crippen LogP contribution in [0.4, 0.5) is 0 Å². The van der Waals surface area contributed by atoms with Crippen LogP contribution in [0, 0.1) is 0 Å². The maximum absolute atomic E-state index is 11.7. The van der Waals surface area contributed by atoms with Gasteiger partial charge >= 0.3 is 0 Å². The lowest BCUT2D eigenvalue weighted by Crippen LogP contribution is -2.25. The molecule has 3 heterocycles. The molecule has 116 valence electrons. The molecule has 0 saturated heterocycles. The maximum atomic E-state index is 11.7. The molecule has 0 fully saturated rings. The third-order valence-corrected chi connectivity index (χ3v) is 3.20. The number of nitrogens with one attached hydrogen (secondary N) is 1. The predicted molar refractivity (Wildman–Crippen MR) is 86.2 cm³/mol. The number of aromatic nitrogens is 3. The Kier molecular flexibility index (Phi) is 4.63. The van der Waals surface area contributed by atoms with Gasteiger partial charge in [-0.15, -0.1) is 0 Å². The van der Waals surface area contributed by atoms with E-state index < -0.39 is 0 Å². The normalized spacial score (nSPS) is 11.0. The summed E-state index contributed by atoms with van der Waals surface area (Å²) in [6.45, 7) is 1.11. The van der Waals surface area contributed by atoms with E-state index in [-0.39, 0.29) is 5.91 Å². The molecule has 3 aromatic heterocycles. The standard InChI is InChI=1S/C17H16N4O2/c22-16(7-6-14-4-3-13-23-14)19-9-11-21-12-10-20-17(21)15-5-1-2-8-18-15/h1-8,10,12-13H,9,11H2,(H,19,22). The summed E-state index contributed by atoms with van der Waals surface area (Å²) in [5, 5.41) is 2.83. The molecule has 0 radical (unpaired) electrons. The SMILES string of the molecule is O=C(C=Cc1ccco1)NCCn1ccnc1-c1ccccn1. The molecule has 1 amide bonds. The number of amides is 1. The van der Waals surface area contributed by atoms with E-state index in [2.05, 4.69) is 15.3 Å². The van der Waals surface area contributed by atoms with Crippen LogP contribution in [0.1, 0.15) is 5.76 Å². The molecule has 1 N–H and O–H groups in total. The Morgan fingerprint density at radius 2 is 2.17 bits per heavy atom. The first-order valence-electron chi connectivity index (χ1n) is 7.25. The van der Waals surface area contributed by atoms with Crippen molar-refractivity contribution in [2.75, 3.05) is 6.54 Å². The van der Waals surface area contributed by atoms with Crippen molar-refractivity contribution >= 4 is 12.0 Å². The summed E-state index contributed by atoms with van der Waals surface area (Å²) in [5.41, 5.74) is 0.807. The molecule has 0 saturated carbocycles. The van der Waals surface area contributed by atoms with Crippen LogP contribution < -0.4 is 5.32 Å². The molecule has 23 heavy (non-hydrogen) atoms. The average molecular weight is 308 g/mol. The number of rotatable bonds is 6. The van der Waals surface area contributed by atoms with Gasteiger partial charge in [-0.1, -0.05) is 6.07 Å². The minimum Gasteiger partial charge on any atom is -0.465 e. The van der Waals surface area contributed by atoms with Crippen molar-refractivity contribution in [3.8, 4) is 11.5 Å². The van der Waals surface area contributed by atoms with E-state index in [9.17, 15) is 4.79 Å². The van der Waals surface area contributed by atoms with Gasteiger partial charge in [0, 0.05) is 37.8 Å². The number of hydrogen-bond donors (Lipinski definition) is 1. The number of pyridine rings is 1. The molecule has 0 aliphatic heterocycles. The molecule has 0 unspecified atom stereocenters. The van der Waals surface area contributed by atoms with Crippen LogP contribution >= 0.6 is 0 Å². The molecule has 6 nitrogen and oxygen atoms in total. The maximum Gasteiger partial charge on any atom is 0.244 e. The molecule has 3 rings (SSSR count). The average Bonchev–Trinajstić information content (AvgIpc) is 3.25. The first-order valence-corrected chi connectivity index (χ1v) is 7.25. The highest BCUT2D eigenvalue weighted by Gasteiger charge is 2.06. The van der Waals surface area contributed by atoms with Gasteiger partial charge in [0.25, 0.3) is 0 Å². The first kappa shape index (κ1) is 14.8. The molecular weight excluding hydrogens is 292 g/mol. The second-order valence-corrected chi connectivity index (χ2v) is 4.80. The summed E-state index contributed by atoms with van der Waals surface area (Å²) < 4.78 is 7.08. The van der Waals surface area contributed by atoms with Gasteiger partial charge in [-0.2, -0.15) is 0 Å². The van der Waals surface area contributed by atoms with Crippen LogP contribution in [-0.4, -0.2) is 27.0 Å². The highest BCUT2D eigenvalue weighted by Crippen LogP contribution is 2.13. The van der Waals surface area contributed by atoms with Crippen molar-refractivity contribution in [2.45, 2.75) is 6.54 Å². The first-order chi connectivity index (χ1) is 11.3.